The Kier molecular flexibility index (Phi) is 4.57. The summed E-state index contributed by atoms with van der Waals surface area (Å²) in [5.41, 5.74) is 0.199. The molecule has 1 N–H and O–H groups in total. The molecule has 2 aromatic rings. The first-order valence-corrected chi connectivity index (χ1v) is 6.98. The molecule has 0 saturated heterocycles. The van der Waals surface area contributed by atoms with Gasteiger partial charge in [0.15, 0.2) is 0 Å². The number of hydrogen-bond acceptors (Lipinski definition) is 2. The van der Waals surface area contributed by atoms with Crippen LogP contribution in [0, 0.1) is 0 Å². The summed E-state index contributed by atoms with van der Waals surface area (Å²) >= 11 is 1.28. The van der Waals surface area contributed by atoms with E-state index in [0.29, 0.717) is 16.2 Å². The first-order chi connectivity index (χ1) is 9.88. The number of halogens is 3. The molecule has 0 saturated carbocycles. The molecule has 2 rings (SSSR count). The van der Waals surface area contributed by atoms with Crippen LogP contribution in [0.25, 0.3) is 0 Å². The molecule has 0 unspecified atom stereocenters. The first-order valence-electron chi connectivity index (χ1n) is 5.99. The van der Waals surface area contributed by atoms with Crippen LogP contribution in [0.4, 0.5) is 13.2 Å². The van der Waals surface area contributed by atoms with Gasteiger partial charge in [-0.3, -0.25) is 0 Å². The Labute approximate surface area is 123 Å². The lowest BCUT2D eigenvalue weighted by Crippen LogP contribution is -2.04. The summed E-state index contributed by atoms with van der Waals surface area (Å²) in [4.78, 5) is 11.6. The highest BCUT2D eigenvalue weighted by atomic mass is 32.2. The summed E-state index contributed by atoms with van der Waals surface area (Å²) in [6, 6.07) is 11.4. The maximum Gasteiger partial charge on any atom is 0.416 e. The Morgan fingerprint density at radius 1 is 1.05 bits per heavy atom. The molecule has 110 valence electrons. The molecule has 2 nitrogen and oxygen atoms in total. The van der Waals surface area contributed by atoms with E-state index in [0.717, 1.165) is 12.1 Å². The zero-order chi connectivity index (χ0) is 15.5. The maximum absolute atomic E-state index is 12.4. The van der Waals surface area contributed by atoms with Crippen LogP contribution in [0.2, 0.25) is 0 Å². The van der Waals surface area contributed by atoms with E-state index in [1.165, 1.54) is 30.0 Å². The second kappa shape index (κ2) is 6.22. The minimum absolute atomic E-state index is 0.189. The van der Waals surface area contributed by atoms with Gasteiger partial charge in [-0.1, -0.05) is 24.3 Å². The van der Waals surface area contributed by atoms with Gasteiger partial charge in [-0.15, -0.1) is 11.8 Å². The number of carbonyl (C=O) groups is 1. The van der Waals surface area contributed by atoms with Crippen molar-refractivity contribution in [2.45, 2.75) is 16.8 Å². The van der Waals surface area contributed by atoms with Crippen LogP contribution in [0.15, 0.2) is 53.4 Å². The average molecular weight is 312 g/mol. The Morgan fingerprint density at radius 2 is 1.67 bits per heavy atom. The lowest BCUT2D eigenvalue weighted by Gasteiger charge is -2.08. The minimum atomic E-state index is -4.35. The molecule has 0 aliphatic heterocycles. The molecule has 0 aromatic heterocycles. The number of hydrogen-bond donors (Lipinski definition) is 1. The zero-order valence-corrected chi connectivity index (χ0v) is 11.5. The number of alkyl halides is 3. The highest BCUT2D eigenvalue weighted by molar-refractivity contribution is 7.98. The number of carboxylic acid groups (broad SMARTS) is 1. The van der Waals surface area contributed by atoms with Gasteiger partial charge >= 0.3 is 12.1 Å². The van der Waals surface area contributed by atoms with Crippen molar-refractivity contribution in [1.82, 2.24) is 0 Å². The third kappa shape index (κ3) is 4.01. The van der Waals surface area contributed by atoms with Gasteiger partial charge in [0.2, 0.25) is 0 Å². The van der Waals surface area contributed by atoms with Gasteiger partial charge in [-0.05, 0) is 29.8 Å². The SMILES string of the molecule is O=C(O)c1ccccc1SCc1ccc(C(F)(F)F)cc1. The van der Waals surface area contributed by atoms with Crippen LogP contribution in [0.1, 0.15) is 21.5 Å². The lowest BCUT2D eigenvalue weighted by molar-refractivity contribution is -0.137. The zero-order valence-electron chi connectivity index (χ0n) is 10.7. The molecule has 0 spiro atoms. The average Bonchev–Trinajstić information content (AvgIpc) is 2.45. The van der Waals surface area contributed by atoms with Crippen LogP contribution < -0.4 is 0 Å². The van der Waals surface area contributed by atoms with E-state index in [-0.39, 0.29) is 5.56 Å². The number of aromatic carboxylic acids is 1. The third-order valence-electron chi connectivity index (χ3n) is 2.79. The summed E-state index contributed by atoms with van der Waals surface area (Å²) in [5.74, 6) is -0.617. The summed E-state index contributed by atoms with van der Waals surface area (Å²) in [7, 11) is 0. The van der Waals surface area contributed by atoms with E-state index in [9.17, 15) is 18.0 Å². The van der Waals surface area contributed by atoms with Gasteiger partial charge in [0, 0.05) is 10.6 Å². The number of rotatable bonds is 4. The quantitative estimate of drug-likeness (QED) is 0.832. The minimum Gasteiger partial charge on any atom is -0.478 e. The van der Waals surface area contributed by atoms with Crippen molar-refractivity contribution < 1.29 is 23.1 Å². The Balaban J connectivity index is 2.09. The normalized spacial score (nSPS) is 11.4. The number of thioether (sulfide) groups is 1. The Hall–Kier alpha value is -1.95. The van der Waals surface area contributed by atoms with Gasteiger partial charge in [0.1, 0.15) is 0 Å². The number of carboxylic acids is 1. The van der Waals surface area contributed by atoms with Crippen molar-refractivity contribution in [2.24, 2.45) is 0 Å². The summed E-state index contributed by atoms with van der Waals surface area (Å²) in [6.45, 7) is 0. The molecular weight excluding hydrogens is 301 g/mol. The van der Waals surface area contributed by atoms with E-state index in [1.54, 1.807) is 18.2 Å². The van der Waals surface area contributed by atoms with Crippen molar-refractivity contribution in [3.8, 4) is 0 Å². The molecule has 0 radical (unpaired) electrons. The molecule has 0 bridgehead atoms. The van der Waals surface area contributed by atoms with Crippen molar-refractivity contribution in [2.75, 3.05) is 0 Å². The van der Waals surface area contributed by atoms with Crippen LogP contribution in [-0.2, 0) is 11.9 Å². The van der Waals surface area contributed by atoms with E-state index in [1.807, 2.05) is 0 Å². The van der Waals surface area contributed by atoms with E-state index >= 15 is 0 Å². The molecule has 0 aliphatic rings. The van der Waals surface area contributed by atoms with Gasteiger partial charge < -0.3 is 5.11 Å². The molecule has 21 heavy (non-hydrogen) atoms. The molecule has 0 heterocycles. The standard InChI is InChI=1S/C15H11F3O2S/c16-15(17,18)11-7-5-10(6-8-11)9-21-13-4-2-1-3-12(13)14(19)20/h1-8H,9H2,(H,19,20). The van der Waals surface area contributed by atoms with Crippen LogP contribution in [0.5, 0.6) is 0 Å². The molecule has 0 atom stereocenters. The van der Waals surface area contributed by atoms with Gasteiger partial charge in [-0.2, -0.15) is 13.2 Å². The first kappa shape index (κ1) is 15.4. The van der Waals surface area contributed by atoms with Crippen molar-refractivity contribution in [3.63, 3.8) is 0 Å². The van der Waals surface area contributed by atoms with Crippen molar-refractivity contribution in [3.05, 3.63) is 65.2 Å². The topological polar surface area (TPSA) is 37.3 Å². The van der Waals surface area contributed by atoms with E-state index < -0.39 is 17.7 Å². The van der Waals surface area contributed by atoms with Crippen LogP contribution >= 0.6 is 11.8 Å². The predicted molar refractivity (Wildman–Crippen MR) is 74.4 cm³/mol. The summed E-state index contributed by atoms with van der Waals surface area (Å²) in [5, 5.41) is 9.05. The fourth-order valence-electron chi connectivity index (χ4n) is 1.72. The molecule has 0 aliphatic carbocycles. The third-order valence-corrected chi connectivity index (χ3v) is 3.94. The summed E-state index contributed by atoms with van der Waals surface area (Å²) < 4.78 is 37.3. The van der Waals surface area contributed by atoms with E-state index in [4.69, 9.17) is 5.11 Å². The Bertz CT molecular complexity index is 636. The molecule has 6 heteroatoms. The Morgan fingerprint density at radius 3 is 2.24 bits per heavy atom. The van der Waals surface area contributed by atoms with Crippen LogP contribution in [-0.4, -0.2) is 11.1 Å². The smallest absolute Gasteiger partial charge is 0.416 e. The van der Waals surface area contributed by atoms with Crippen molar-refractivity contribution >= 4 is 17.7 Å². The summed E-state index contributed by atoms with van der Waals surface area (Å²) in [6.07, 6.45) is -4.35. The maximum atomic E-state index is 12.4. The molecule has 0 amide bonds. The molecule has 2 aromatic carbocycles. The second-order valence-electron chi connectivity index (χ2n) is 4.28. The highest BCUT2D eigenvalue weighted by Gasteiger charge is 2.29. The highest BCUT2D eigenvalue weighted by Crippen LogP contribution is 2.31. The van der Waals surface area contributed by atoms with Gasteiger partial charge in [0.05, 0.1) is 11.1 Å². The van der Waals surface area contributed by atoms with Gasteiger partial charge in [0.25, 0.3) is 0 Å². The van der Waals surface area contributed by atoms with Crippen LogP contribution in [0.3, 0.4) is 0 Å². The number of benzene rings is 2. The molecule has 0 fully saturated rings. The van der Waals surface area contributed by atoms with Gasteiger partial charge in [-0.25, -0.2) is 4.79 Å². The fraction of sp³-hybridized carbons (Fsp3) is 0.133. The second-order valence-corrected chi connectivity index (χ2v) is 5.30. The lowest BCUT2D eigenvalue weighted by atomic mass is 10.1. The van der Waals surface area contributed by atoms with Crippen molar-refractivity contribution in [1.29, 1.82) is 0 Å². The van der Waals surface area contributed by atoms with E-state index in [2.05, 4.69) is 0 Å². The fourth-order valence-corrected chi connectivity index (χ4v) is 2.72. The molecular formula is C15H11F3O2S. The predicted octanol–water partition coefficient (Wildman–Crippen LogP) is 4.70. The largest absolute Gasteiger partial charge is 0.478 e. The monoisotopic (exact) mass is 312 g/mol.